The van der Waals surface area contributed by atoms with E-state index < -0.39 is 0 Å². The van der Waals surface area contributed by atoms with Crippen molar-refractivity contribution in [2.45, 2.75) is 51.6 Å². The number of rotatable bonds is 5. The number of halogens is 1. The van der Waals surface area contributed by atoms with Crippen molar-refractivity contribution >= 4 is 34.5 Å². The van der Waals surface area contributed by atoms with Crippen LogP contribution in [0.15, 0.2) is 29.6 Å². The molecular formula is C20H25ClN2OS. The van der Waals surface area contributed by atoms with E-state index in [0.29, 0.717) is 0 Å². The fourth-order valence-electron chi connectivity index (χ4n) is 3.74. The zero-order valence-corrected chi connectivity index (χ0v) is 16.4. The maximum Gasteiger partial charge on any atom is 0.238 e. The summed E-state index contributed by atoms with van der Waals surface area (Å²) in [5, 5.41) is 2.21. The molecule has 25 heavy (non-hydrogen) atoms. The zero-order chi connectivity index (χ0) is 18.0. The van der Waals surface area contributed by atoms with Gasteiger partial charge in [0.05, 0.1) is 6.04 Å². The highest BCUT2D eigenvalue weighted by molar-refractivity contribution is 7.10. The molecule has 1 aromatic carbocycles. The van der Waals surface area contributed by atoms with Crippen molar-refractivity contribution in [1.82, 2.24) is 4.90 Å². The van der Waals surface area contributed by atoms with E-state index in [9.17, 15) is 4.79 Å². The Hall–Kier alpha value is -1.52. The number of fused-ring (bicyclic) bond motifs is 1. The van der Waals surface area contributed by atoms with E-state index in [-0.39, 0.29) is 23.9 Å². The molecule has 0 saturated heterocycles. The molecule has 0 aliphatic carbocycles. The minimum Gasteiger partial charge on any atom is -0.399 e. The monoisotopic (exact) mass is 376 g/mol. The van der Waals surface area contributed by atoms with E-state index in [0.717, 1.165) is 36.9 Å². The molecule has 0 spiro atoms. The summed E-state index contributed by atoms with van der Waals surface area (Å²) in [6, 6.07) is 8.04. The van der Waals surface area contributed by atoms with Crippen LogP contribution in [0.25, 0.3) is 0 Å². The summed E-state index contributed by atoms with van der Waals surface area (Å²) < 4.78 is 0. The average molecular weight is 377 g/mol. The van der Waals surface area contributed by atoms with Gasteiger partial charge in [0.15, 0.2) is 0 Å². The van der Waals surface area contributed by atoms with E-state index in [1.54, 1.807) is 11.3 Å². The van der Waals surface area contributed by atoms with Crippen LogP contribution in [-0.2, 0) is 11.2 Å². The molecular weight excluding hydrogens is 352 g/mol. The molecule has 1 aliphatic heterocycles. The standard InChI is InChI=1S/C20H25ClN2OS/c1-3-4-5-16-10-17-13(2)12-25-20(17)19(23(16)18(24)11-21)14-6-8-15(22)9-7-14/h6-9,12,16,19H,3-5,10-11,22H2,1-2H3/t16-,19-/m0/s1. The third kappa shape index (κ3) is 3.56. The highest BCUT2D eigenvalue weighted by Gasteiger charge is 2.39. The quantitative estimate of drug-likeness (QED) is 0.595. The topological polar surface area (TPSA) is 46.3 Å². The summed E-state index contributed by atoms with van der Waals surface area (Å²) in [4.78, 5) is 16.1. The Morgan fingerprint density at radius 3 is 2.72 bits per heavy atom. The van der Waals surface area contributed by atoms with Gasteiger partial charge in [0.2, 0.25) is 5.91 Å². The van der Waals surface area contributed by atoms with Crippen molar-refractivity contribution in [3.8, 4) is 0 Å². The first-order valence-electron chi connectivity index (χ1n) is 8.86. The fraction of sp³-hybridized carbons (Fsp3) is 0.450. The number of carbonyl (C=O) groups excluding carboxylic acids is 1. The Bertz CT molecular complexity index is 741. The summed E-state index contributed by atoms with van der Waals surface area (Å²) >= 11 is 7.74. The SMILES string of the molecule is CCCC[C@H]1Cc2c(C)csc2[C@H](c2ccc(N)cc2)N1C(=O)CCl. The van der Waals surface area contributed by atoms with Gasteiger partial charge in [0.25, 0.3) is 0 Å². The summed E-state index contributed by atoms with van der Waals surface area (Å²) in [5.41, 5.74) is 10.5. The Morgan fingerprint density at radius 1 is 1.36 bits per heavy atom. The lowest BCUT2D eigenvalue weighted by molar-refractivity contribution is -0.133. The molecule has 1 aromatic heterocycles. The largest absolute Gasteiger partial charge is 0.399 e. The van der Waals surface area contributed by atoms with Crippen molar-refractivity contribution in [3.05, 3.63) is 51.2 Å². The van der Waals surface area contributed by atoms with Crippen LogP contribution in [-0.4, -0.2) is 22.7 Å². The van der Waals surface area contributed by atoms with Gasteiger partial charge in [-0.3, -0.25) is 4.79 Å². The van der Waals surface area contributed by atoms with Crippen LogP contribution >= 0.6 is 22.9 Å². The first-order chi connectivity index (χ1) is 12.1. The molecule has 5 heteroatoms. The third-order valence-corrected chi connectivity index (χ3v) is 6.46. The number of alkyl halides is 1. The average Bonchev–Trinajstić information content (AvgIpc) is 2.99. The number of nitrogens with zero attached hydrogens (tertiary/aromatic N) is 1. The Morgan fingerprint density at radius 2 is 2.08 bits per heavy atom. The fourth-order valence-corrected chi connectivity index (χ4v) is 5.09. The summed E-state index contributed by atoms with van der Waals surface area (Å²) in [5.74, 6) is 0.0367. The maximum absolute atomic E-state index is 12.8. The van der Waals surface area contributed by atoms with Gasteiger partial charge in [-0.15, -0.1) is 22.9 Å². The first-order valence-corrected chi connectivity index (χ1v) is 10.3. The van der Waals surface area contributed by atoms with Crippen molar-refractivity contribution in [2.75, 3.05) is 11.6 Å². The number of unbranched alkanes of at least 4 members (excludes halogenated alkanes) is 1. The van der Waals surface area contributed by atoms with Gasteiger partial charge in [-0.2, -0.15) is 0 Å². The van der Waals surface area contributed by atoms with E-state index >= 15 is 0 Å². The third-order valence-electron chi connectivity index (χ3n) is 5.04. The van der Waals surface area contributed by atoms with Crippen LogP contribution in [0.2, 0.25) is 0 Å². The summed E-state index contributed by atoms with van der Waals surface area (Å²) in [6.07, 6.45) is 4.18. The second kappa shape index (κ2) is 7.79. The number of hydrogen-bond donors (Lipinski definition) is 1. The van der Waals surface area contributed by atoms with E-state index in [4.69, 9.17) is 17.3 Å². The van der Waals surface area contributed by atoms with Gasteiger partial charge in [-0.05, 0) is 54.0 Å². The van der Waals surface area contributed by atoms with Crippen LogP contribution in [0.4, 0.5) is 5.69 Å². The summed E-state index contributed by atoms with van der Waals surface area (Å²) in [7, 11) is 0. The van der Waals surface area contributed by atoms with Crippen LogP contribution in [0.3, 0.4) is 0 Å². The molecule has 3 nitrogen and oxygen atoms in total. The molecule has 0 bridgehead atoms. The van der Waals surface area contributed by atoms with E-state index in [1.807, 2.05) is 29.2 Å². The number of thiophene rings is 1. The van der Waals surface area contributed by atoms with Gasteiger partial charge < -0.3 is 10.6 Å². The van der Waals surface area contributed by atoms with Gasteiger partial charge >= 0.3 is 0 Å². The highest BCUT2D eigenvalue weighted by Crippen LogP contribution is 2.43. The molecule has 0 fully saturated rings. The predicted octanol–water partition coefficient (Wildman–Crippen LogP) is 4.91. The number of anilines is 1. The molecule has 0 unspecified atom stereocenters. The first kappa shape index (κ1) is 18.3. The van der Waals surface area contributed by atoms with Gasteiger partial charge in [-0.1, -0.05) is 31.9 Å². The van der Waals surface area contributed by atoms with Crippen molar-refractivity contribution in [2.24, 2.45) is 0 Å². The molecule has 0 saturated carbocycles. The number of hydrogen-bond acceptors (Lipinski definition) is 3. The molecule has 2 heterocycles. The molecule has 1 amide bonds. The molecule has 2 aromatic rings. The van der Waals surface area contributed by atoms with Crippen molar-refractivity contribution in [1.29, 1.82) is 0 Å². The lowest BCUT2D eigenvalue weighted by Crippen LogP contribution is -2.48. The van der Waals surface area contributed by atoms with Crippen molar-refractivity contribution in [3.63, 3.8) is 0 Å². The van der Waals surface area contributed by atoms with Gasteiger partial charge in [0, 0.05) is 16.6 Å². The smallest absolute Gasteiger partial charge is 0.238 e. The number of nitrogen functional groups attached to an aromatic ring is 1. The van der Waals surface area contributed by atoms with E-state index in [2.05, 4.69) is 19.2 Å². The minimum atomic E-state index is -0.0591. The molecule has 2 N–H and O–H groups in total. The van der Waals surface area contributed by atoms with Crippen LogP contribution in [0, 0.1) is 6.92 Å². The lowest BCUT2D eigenvalue weighted by atomic mass is 9.87. The normalized spacial score (nSPS) is 19.7. The molecule has 2 atom stereocenters. The van der Waals surface area contributed by atoms with E-state index in [1.165, 1.54) is 16.0 Å². The molecule has 3 rings (SSSR count). The number of aryl methyl sites for hydroxylation is 1. The van der Waals surface area contributed by atoms with Crippen LogP contribution < -0.4 is 5.73 Å². The highest BCUT2D eigenvalue weighted by atomic mass is 35.5. The number of carbonyl (C=O) groups is 1. The Balaban J connectivity index is 2.10. The van der Waals surface area contributed by atoms with Gasteiger partial charge in [-0.25, -0.2) is 0 Å². The minimum absolute atomic E-state index is 0.0151. The second-order valence-corrected chi connectivity index (χ2v) is 7.94. The van der Waals surface area contributed by atoms with Crippen LogP contribution in [0.1, 0.15) is 53.8 Å². The predicted molar refractivity (Wildman–Crippen MR) is 106 cm³/mol. The van der Waals surface area contributed by atoms with Crippen molar-refractivity contribution < 1.29 is 4.79 Å². The van der Waals surface area contributed by atoms with Crippen LogP contribution in [0.5, 0.6) is 0 Å². The Kier molecular flexibility index (Phi) is 5.70. The molecule has 0 radical (unpaired) electrons. The van der Waals surface area contributed by atoms with Gasteiger partial charge in [0.1, 0.15) is 5.88 Å². The molecule has 1 aliphatic rings. The zero-order valence-electron chi connectivity index (χ0n) is 14.8. The second-order valence-electron chi connectivity index (χ2n) is 6.77. The lowest BCUT2D eigenvalue weighted by Gasteiger charge is -2.42. The number of benzene rings is 1. The summed E-state index contributed by atoms with van der Waals surface area (Å²) in [6.45, 7) is 4.36. The number of amides is 1. The maximum atomic E-state index is 12.8. The molecule has 134 valence electrons. The number of nitrogens with two attached hydrogens (primary N) is 1. The Labute approximate surface area is 158 Å².